The molecule has 1 saturated heterocycles. The van der Waals surface area contributed by atoms with Crippen LogP contribution < -0.4 is 10.2 Å². The topological polar surface area (TPSA) is 133 Å². The minimum atomic E-state index is -2.31. The van der Waals surface area contributed by atoms with E-state index in [9.17, 15) is 15.3 Å². The summed E-state index contributed by atoms with van der Waals surface area (Å²) in [6.07, 6.45) is -2.07. The molecule has 1 atom stereocenters. The lowest BCUT2D eigenvalue weighted by Crippen LogP contribution is -2.54. The number of thiophene rings is 1. The van der Waals surface area contributed by atoms with Crippen LogP contribution in [0.3, 0.4) is 0 Å². The molecule has 0 aliphatic carbocycles. The number of benzene rings is 2. The van der Waals surface area contributed by atoms with Crippen LogP contribution in [0.2, 0.25) is 18.1 Å². The van der Waals surface area contributed by atoms with Crippen LogP contribution in [0, 0.1) is 40.4 Å². The van der Waals surface area contributed by atoms with Crippen LogP contribution >= 0.6 is 11.3 Å². The standard InChI is InChI=1S/C35H39F3N6O4SSi/c1-33(2,3)47-32(45)43-30-21(16-40)25-23(49-30)11-10-22(36)26(25)24-19(15-39)14-20-28(27(24)37)41-31(38)42-29(20)44-12-13-46-18-35(7,17-44)48-50(8,9)34(4,5)6/h10-11,14H,12-13,17-18H2,1-9H3,(H,43,45)/t35-/m0/s1. The van der Waals surface area contributed by atoms with Gasteiger partial charge in [-0.1, -0.05) is 20.8 Å². The van der Waals surface area contributed by atoms with Crippen LogP contribution in [0.1, 0.15) is 59.6 Å². The Morgan fingerprint density at radius 2 is 1.80 bits per heavy atom. The predicted molar refractivity (Wildman–Crippen MR) is 189 cm³/mol. The quantitative estimate of drug-likeness (QED) is 0.159. The lowest BCUT2D eigenvalue weighted by Gasteiger charge is -2.44. The molecule has 1 N–H and O–H groups in total. The number of rotatable bonds is 5. The number of hydrogen-bond acceptors (Lipinski definition) is 10. The molecule has 1 fully saturated rings. The number of aromatic nitrogens is 2. The summed E-state index contributed by atoms with van der Waals surface area (Å²) < 4.78 is 66.3. The predicted octanol–water partition coefficient (Wildman–Crippen LogP) is 8.64. The fraction of sp³-hybridized carbons (Fsp3) is 0.457. The third-order valence-electron chi connectivity index (χ3n) is 8.83. The lowest BCUT2D eigenvalue weighted by atomic mass is 9.93. The van der Waals surface area contributed by atoms with E-state index in [0.29, 0.717) is 4.70 Å². The minimum absolute atomic E-state index is 0.0285. The normalized spacial score (nSPS) is 17.4. The molecule has 0 bridgehead atoms. The van der Waals surface area contributed by atoms with Crippen molar-refractivity contribution < 1.29 is 31.9 Å². The number of carbonyl (C=O) groups excluding carboxylic acids is 1. The zero-order valence-electron chi connectivity index (χ0n) is 29.5. The van der Waals surface area contributed by atoms with Crippen LogP contribution in [-0.2, 0) is 13.9 Å². The van der Waals surface area contributed by atoms with Gasteiger partial charge in [-0.2, -0.15) is 24.9 Å². The molecule has 5 rings (SSSR count). The van der Waals surface area contributed by atoms with Gasteiger partial charge in [-0.05, 0) is 64.0 Å². The fourth-order valence-corrected chi connectivity index (χ4v) is 8.47. The van der Waals surface area contributed by atoms with Gasteiger partial charge in [0.25, 0.3) is 0 Å². The molecule has 2 aromatic carbocycles. The van der Waals surface area contributed by atoms with Crippen molar-refractivity contribution in [2.45, 2.75) is 77.8 Å². The van der Waals surface area contributed by atoms with Gasteiger partial charge in [0.2, 0.25) is 0 Å². The van der Waals surface area contributed by atoms with Crippen LogP contribution in [0.15, 0.2) is 18.2 Å². The molecule has 0 spiro atoms. The highest BCUT2D eigenvalue weighted by atomic mass is 32.1. The highest BCUT2D eigenvalue weighted by Gasteiger charge is 2.45. The number of ether oxygens (including phenoxy) is 2. The number of anilines is 2. The molecule has 1 aliphatic rings. The summed E-state index contributed by atoms with van der Waals surface area (Å²) in [4.78, 5) is 22.1. The van der Waals surface area contributed by atoms with Gasteiger partial charge >= 0.3 is 12.2 Å². The highest BCUT2D eigenvalue weighted by molar-refractivity contribution is 7.23. The molecule has 0 unspecified atom stereocenters. The van der Waals surface area contributed by atoms with Gasteiger partial charge in [0, 0.05) is 39.7 Å². The molecule has 10 nitrogen and oxygen atoms in total. The molecular formula is C35H39F3N6O4SSi. The van der Waals surface area contributed by atoms with E-state index in [4.69, 9.17) is 13.9 Å². The Morgan fingerprint density at radius 1 is 1.10 bits per heavy atom. The summed E-state index contributed by atoms with van der Waals surface area (Å²) in [7, 11) is -2.31. The number of hydrogen-bond donors (Lipinski definition) is 1. The third kappa shape index (κ3) is 7.14. The Morgan fingerprint density at radius 3 is 2.42 bits per heavy atom. The zero-order valence-corrected chi connectivity index (χ0v) is 31.3. The summed E-state index contributed by atoms with van der Waals surface area (Å²) in [6.45, 7) is 18.5. The summed E-state index contributed by atoms with van der Waals surface area (Å²) >= 11 is 0.954. The van der Waals surface area contributed by atoms with Crippen LogP contribution in [0.4, 0.5) is 28.8 Å². The van der Waals surface area contributed by atoms with Gasteiger partial charge in [-0.25, -0.2) is 13.6 Å². The monoisotopic (exact) mass is 724 g/mol. The Kier molecular flexibility index (Phi) is 9.70. The van der Waals surface area contributed by atoms with Crippen molar-refractivity contribution in [1.29, 1.82) is 10.5 Å². The SMILES string of the molecule is CC(C)(C)OC(=O)Nc1sc2ccc(F)c(-c3c(C#N)cc4c(N5CCOC[C@@](C)(O[Si](C)(C)C(C)(C)C)C5)nc(F)nc4c3F)c2c1C#N. The van der Waals surface area contributed by atoms with E-state index in [2.05, 4.69) is 49.1 Å². The summed E-state index contributed by atoms with van der Waals surface area (Å²) in [5.41, 5.74) is -3.50. The van der Waals surface area contributed by atoms with Crippen molar-refractivity contribution in [1.82, 2.24) is 9.97 Å². The molecule has 264 valence electrons. The van der Waals surface area contributed by atoms with Gasteiger partial charge in [0.05, 0.1) is 36.0 Å². The van der Waals surface area contributed by atoms with E-state index >= 15 is 13.2 Å². The van der Waals surface area contributed by atoms with E-state index < -0.39 is 60.0 Å². The average Bonchev–Trinajstić information content (AvgIpc) is 3.21. The van der Waals surface area contributed by atoms with Crippen LogP contribution in [-0.4, -0.2) is 61.9 Å². The van der Waals surface area contributed by atoms with E-state index in [0.717, 1.165) is 17.4 Å². The number of nitriles is 2. The largest absolute Gasteiger partial charge is 0.444 e. The van der Waals surface area contributed by atoms with Gasteiger partial charge in [-0.15, -0.1) is 11.3 Å². The van der Waals surface area contributed by atoms with Gasteiger partial charge < -0.3 is 18.8 Å². The Bertz CT molecular complexity index is 2100. The molecule has 4 aromatic rings. The summed E-state index contributed by atoms with van der Waals surface area (Å²) in [6, 6.07) is 7.69. The van der Waals surface area contributed by atoms with Crippen molar-refractivity contribution >= 4 is 57.6 Å². The average molecular weight is 725 g/mol. The van der Waals surface area contributed by atoms with Crippen LogP contribution in [0.25, 0.3) is 32.1 Å². The van der Waals surface area contributed by atoms with Gasteiger partial charge in [0.1, 0.15) is 33.8 Å². The number of nitrogens with one attached hydrogen (secondary N) is 1. The number of amides is 1. The highest BCUT2D eigenvalue weighted by Crippen LogP contribution is 2.46. The molecule has 0 radical (unpaired) electrons. The van der Waals surface area contributed by atoms with Gasteiger partial charge in [-0.3, -0.25) is 5.32 Å². The molecule has 50 heavy (non-hydrogen) atoms. The van der Waals surface area contributed by atoms with Crippen LogP contribution in [0.5, 0.6) is 0 Å². The Balaban J connectivity index is 1.69. The van der Waals surface area contributed by atoms with Crippen molar-refractivity contribution in [3.05, 3.63) is 47.0 Å². The molecule has 3 heterocycles. The van der Waals surface area contributed by atoms with E-state index in [-0.39, 0.29) is 64.1 Å². The first-order chi connectivity index (χ1) is 23.2. The van der Waals surface area contributed by atoms with E-state index in [1.165, 1.54) is 12.1 Å². The van der Waals surface area contributed by atoms with E-state index in [1.54, 1.807) is 25.7 Å². The maximum absolute atomic E-state index is 16.9. The molecule has 0 saturated carbocycles. The second kappa shape index (κ2) is 13.1. The smallest absolute Gasteiger partial charge is 0.412 e. The number of fused-ring (bicyclic) bond motifs is 2. The van der Waals surface area contributed by atoms with Gasteiger partial charge in [0.15, 0.2) is 14.1 Å². The maximum Gasteiger partial charge on any atom is 0.412 e. The number of carbonyl (C=O) groups is 1. The third-order valence-corrected chi connectivity index (χ3v) is 14.5. The summed E-state index contributed by atoms with van der Waals surface area (Å²) in [5, 5.41) is 23.0. The first-order valence-electron chi connectivity index (χ1n) is 16.0. The first kappa shape index (κ1) is 37.0. The van der Waals surface area contributed by atoms with Crippen molar-refractivity contribution in [3.63, 3.8) is 0 Å². The Labute approximate surface area is 293 Å². The maximum atomic E-state index is 16.9. The van der Waals surface area contributed by atoms with Crippen molar-refractivity contribution in [3.8, 4) is 23.3 Å². The Hall–Kier alpha value is -4.28. The van der Waals surface area contributed by atoms with E-state index in [1.807, 2.05) is 19.1 Å². The number of nitrogens with zero attached hydrogens (tertiary/aromatic N) is 5. The number of halogens is 3. The molecule has 1 aliphatic heterocycles. The van der Waals surface area contributed by atoms with Crippen molar-refractivity contribution in [2.75, 3.05) is 36.5 Å². The zero-order chi connectivity index (χ0) is 37.0. The molecule has 1 amide bonds. The second-order valence-electron chi connectivity index (χ2n) is 15.1. The fourth-order valence-electron chi connectivity index (χ4n) is 5.76. The summed E-state index contributed by atoms with van der Waals surface area (Å²) in [5.74, 6) is -2.08. The molecular weight excluding hydrogens is 686 g/mol. The van der Waals surface area contributed by atoms with Crippen molar-refractivity contribution in [2.24, 2.45) is 0 Å². The second-order valence-corrected chi connectivity index (χ2v) is 20.8. The lowest BCUT2D eigenvalue weighted by molar-refractivity contribution is -0.00296. The minimum Gasteiger partial charge on any atom is -0.444 e. The molecule has 15 heteroatoms. The first-order valence-corrected chi connectivity index (χ1v) is 19.7. The molecule has 2 aromatic heterocycles.